The van der Waals surface area contributed by atoms with E-state index in [1.807, 2.05) is 0 Å². The summed E-state index contributed by atoms with van der Waals surface area (Å²) in [7, 11) is 0. The second-order valence-corrected chi connectivity index (χ2v) is 9.20. The molecule has 1 aliphatic rings. The van der Waals surface area contributed by atoms with Crippen molar-refractivity contribution >= 4 is 40.7 Å². The molecule has 6 nitrogen and oxygen atoms in total. The second kappa shape index (κ2) is 10.4. The SMILES string of the molecule is Cc1cc(F)cc(/C(N)=C/NC2C(O)C(CO)OC(Sc3ccc(Cl)c(Cl)c3)C2O)c1. The highest BCUT2D eigenvalue weighted by molar-refractivity contribution is 7.99. The maximum atomic E-state index is 13.7. The van der Waals surface area contributed by atoms with Gasteiger partial charge in [-0.3, -0.25) is 0 Å². The number of aryl methyl sites for hydroxylation is 1. The molecule has 3 rings (SSSR count). The second-order valence-electron chi connectivity index (χ2n) is 7.21. The Morgan fingerprint density at radius 1 is 1.19 bits per heavy atom. The van der Waals surface area contributed by atoms with Crippen molar-refractivity contribution in [2.24, 2.45) is 5.73 Å². The fraction of sp³-hybridized carbons (Fsp3) is 0.333. The molecule has 10 heteroatoms. The Kier molecular flexibility index (Phi) is 8.09. The zero-order valence-electron chi connectivity index (χ0n) is 16.5. The highest BCUT2D eigenvalue weighted by Crippen LogP contribution is 2.36. The van der Waals surface area contributed by atoms with Crippen molar-refractivity contribution in [3.63, 3.8) is 0 Å². The lowest BCUT2D eigenvalue weighted by Crippen LogP contribution is -2.62. The van der Waals surface area contributed by atoms with Crippen LogP contribution in [-0.4, -0.2) is 51.7 Å². The summed E-state index contributed by atoms with van der Waals surface area (Å²) in [5.41, 5.74) is 6.62. The van der Waals surface area contributed by atoms with Crippen molar-refractivity contribution in [1.82, 2.24) is 5.32 Å². The minimum Gasteiger partial charge on any atom is -0.397 e. The average molecular weight is 489 g/mol. The van der Waals surface area contributed by atoms with E-state index in [1.54, 1.807) is 31.2 Å². The molecule has 5 atom stereocenters. The van der Waals surface area contributed by atoms with Crippen molar-refractivity contribution in [1.29, 1.82) is 0 Å². The van der Waals surface area contributed by atoms with Gasteiger partial charge in [0.15, 0.2) is 0 Å². The van der Waals surface area contributed by atoms with Gasteiger partial charge < -0.3 is 31.1 Å². The average Bonchev–Trinajstić information content (AvgIpc) is 2.71. The number of nitrogens with one attached hydrogen (secondary N) is 1. The molecule has 1 heterocycles. The Bertz CT molecular complexity index is 945. The third kappa shape index (κ3) is 5.84. The number of rotatable bonds is 6. The largest absolute Gasteiger partial charge is 0.397 e. The lowest BCUT2D eigenvalue weighted by atomic mass is 9.97. The van der Waals surface area contributed by atoms with E-state index >= 15 is 0 Å². The van der Waals surface area contributed by atoms with Gasteiger partial charge in [0.05, 0.1) is 28.4 Å². The Morgan fingerprint density at radius 3 is 2.58 bits per heavy atom. The fourth-order valence-electron chi connectivity index (χ4n) is 3.24. The zero-order valence-corrected chi connectivity index (χ0v) is 18.8. The van der Waals surface area contributed by atoms with Crippen molar-refractivity contribution in [3.8, 4) is 0 Å². The van der Waals surface area contributed by atoms with Gasteiger partial charge in [-0.2, -0.15) is 0 Å². The van der Waals surface area contributed by atoms with Gasteiger partial charge >= 0.3 is 0 Å². The first kappa shape index (κ1) is 24.1. The molecule has 0 radical (unpaired) electrons. The number of ether oxygens (including phenoxy) is 1. The molecule has 2 aromatic rings. The lowest BCUT2D eigenvalue weighted by Gasteiger charge is -2.42. The highest BCUT2D eigenvalue weighted by atomic mass is 35.5. The number of halogens is 3. The van der Waals surface area contributed by atoms with Crippen LogP contribution in [0.1, 0.15) is 11.1 Å². The number of hydrogen-bond donors (Lipinski definition) is 5. The zero-order chi connectivity index (χ0) is 22.7. The molecule has 2 aromatic carbocycles. The smallest absolute Gasteiger partial charge is 0.136 e. The van der Waals surface area contributed by atoms with Gasteiger partial charge in [-0.15, -0.1) is 0 Å². The maximum Gasteiger partial charge on any atom is 0.136 e. The third-order valence-electron chi connectivity index (χ3n) is 4.83. The Morgan fingerprint density at radius 2 is 1.94 bits per heavy atom. The van der Waals surface area contributed by atoms with Gasteiger partial charge in [0.25, 0.3) is 0 Å². The molecule has 31 heavy (non-hydrogen) atoms. The van der Waals surface area contributed by atoms with E-state index in [1.165, 1.54) is 30.1 Å². The molecule has 0 amide bonds. The van der Waals surface area contributed by atoms with Gasteiger partial charge in [0.1, 0.15) is 29.6 Å². The van der Waals surface area contributed by atoms with Crippen LogP contribution in [0.5, 0.6) is 0 Å². The van der Waals surface area contributed by atoms with E-state index in [0.717, 1.165) is 0 Å². The maximum absolute atomic E-state index is 13.7. The predicted octanol–water partition coefficient (Wildman–Crippen LogP) is 2.89. The summed E-state index contributed by atoms with van der Waals surface area (Å²) in [6.45, 7) is 1.29. The van der Waals surface area contributed by atoms with Crippen molar-refractivity contribution in [3.05, 3.63) is 69.6 Å². The number of hydrogen-bond acceptors (Lipinski definition) is 7. The molecular weight excluding hydrogens is 466 g/mol. The molecule has 1 aliphatic heterocycles. The molecule has 1 fully saturated rings. The molecule has 0 bridgehead atoms. The van der Waals surface area contributed by atoms with Crippen LogP contribution in [0.4, 0.5) is 4.39 Å². The van der Waals surface area contributed by atoms with Gasteiger partial charge in [0, 0.05) is 16.7 Å². The summed E-state index contributed by atoms with van der Waals surface area (Å²) in [6, 6.07) is 8.47. The molecule has 1 saturated heterocycles. The first-order chi connectivity index (χ1) is 14.7. The lowest BCUT2D eigenvalue weighted by molar-refractivity contribution is -0.164. The van der Waals surface area contributed by atoms with E-state index in [2.05, 4.69) is 5.32 Å². The quantitative estimate of drug-likeness (QED) is 0.425. The molecular formula is C21H23Cl2FN2O4S. The topological polar surface area (TPSA) is 108 Å². The van der Waals surface area contributed by atoms with Crippen molar-refractivity contribution < 1.29 is 24.4 Å². The Hall–Kier alpha value is -1.52. The minimum atomic E-state index is -1.22. The van der Waals surface area contributed by atoms with Gasteiger partial charge in [0.2, 0.25) is 0 Å². The summed E-state index contributed by atoms with van der Waals surface area (Å²) in [6.07, 6.45) is -1.93. The van der Waals surface area contributed by atoms with Crippen LogP contribution < -0.4 is 11.1 Å². The van der Waals surface area contributed by atoms with E-state index in [0.29, 0.717) is 26.1 Å². The number of aliphatic hydroxyl groups excluding tert-OH is 3. The molecule has 0 spiro atoms. The van der Waals surface area contributed by atoms with Gasteiger partial charge in [-0.1, -0.05) is 35.0 Å². The minimum absolute atomic E-state index is 0.225. The Labute approximate surface area is 193 Å². The van der Waals surface area contributed by atoms with Crippen LogP contribution in [0.15, 0.2) is 47.5 Å². The molecule has 6 N–H and O–H groups in total. The van der Waals surface area contributed by atoms with Crippen molar-refractivity contribution in [2.75, 3.05) is 6.61 Å². The number of benzene rings is 2. The van der Waals surface area contributed by atoms with Gasteiger partial charge in [-0.25, -0.2) is 4.39 Å². The van der Waals surface area contributed by atoms with Crippen LogP contribution in [0.2, 0.25) is 10.0 Å². The summed E-state index contributed by atoms with van der Waals surface area (Å²) in [5, 5.41) is 34.6. The number of aliphatic hydroxyl groups is 3. The molecule has 0 aromatic heterocycles. The van der Waals surface area contributed by atoms with Crippen LogP contribution in [0.25, 0.3) is 5.70 Å². The van der Waals surface area contributed by atoms with Crippen LogP contribution in [0, 0.1) is 12.7 Å². The van der Waals surface area contributed by atoms with Gasteiger partial charge in [-0.05, 0) is 48.9 Å². The van der Waals surface area contributed by atoms with Crippen LogP contribution >= 0.6 is 35.0 Å². The van der Waals surface area contributed by atoms with Crippen LogP contribution in [-0.2, 0) is 4.74 Å². The van der Waals surface area contributed by atoms with Crippen LogP contribution in [0.3, 0.4) is 0 Å². The first-order valence-corrected chi connectivity index (χ1v) is 11.1. The summed E-state index contributed by atoms with van der Waals surface area (Å²) >= 11 is 13.2. The number of thioether (sulfide) groups is 1. The normalized spacial score (nSPS) is 26.7. The standard InChI is InChI=1S/C21H23Cl2FN2O4S/c1-10-4-11(6-12(24)5-10)16(25)8-26-18-19(28)17(9-27)30-21(20(18)29)31-13-2-3-14(22)15(23)7-13/h2-8,17-21,26-29H,9,25H2,1H3/b16-8-. The van der Waals surface area contributed by atoms with E-state index in [4.69, 9.17) is 33.7 Å². The molecule has 0 saturated carbocycles. The third-order valence-corrected chi connectivity index (χ3v) is 6.72. The van der Waals surface area contributed by atoms with E-state index < -0.39 is 42.2 Å². The van der Waals surface area contributed by atoms with E-state index in [9.17, 15) is 19.7 Å². The predicted molar refractivity (Wildman–Crippen MR) is 120 cm³/mol. The monoisotopic (exact) mass is 488 g/mol. The Balaban J connectivity index is 1.79. The summed E-state index contributed by atoms with van der Waals surface area (Å²) in [4.78, 5) is 0.690. The molecule has 0 aliphatic carbocycles. The fourth-order valence-corrected chi connectivity index (χ4v) is 4.71. The molecule has 168 valence electrons. The highest BCUT2D eigenvalue weighted by Gasteiger charge is 2.44. The number of nitrogens with two attached hydrogens (primary N) is 1. The molecule has 5 unspecified atom stereocenters. The summed E-state index contributed by atoms with van der Waals surface area (Å²) in [5.74, 6) is -0.420. The summed E-state index contributed by atoms with van der Waals surface area (Å²) < 4.78 is 19.4. The van der Waals surface area contributed by atoms with E-state index in [-0.39, 0.29) is 5.70 Å². The van der Waals surface area contributed by atoms with Crippen molar-refractivity contribution in [2.45, 2.75) is 41.6 Å². The first-order valence-electron chi connectivity index (χ1n) is 9.43.